The SMILES string of the molecule is C=C1C(=O)O[C@H]2[C@H]1CCC(=O)[C@@](C)(/C=C/C(C)=O)[C@H]2O. The van der Waals surface area contributed by atoms with Crippen LogP contribution in [-0.2, 0) is 19.1 Å². The summed E-state index contributed by atoms with van der Waals surface area (Å²) < 4.78 is 5.16. The van der Waals surface area contributed by atoms with Crippen LogP contribution in [-0.4, -0.2) is 34.9 Å². The van der Waals surface area contributed by atoms with Crippen molar-refractivity contribution < 1.29 is 24.2 Å². The van der Waals surface area contributed by atoms with Gasteiger partial charge in [-0.2, -0.15) is 0 Å². The Labute approximate surface area is 117 Å². The Morgan fingerprint density at radius 2 is 2.15 bits per heavy atom. The van der Waals surface area contributed by atoms with E-state index < -0.39 is 23.6 Å². The third kappa shape index (κ3) is 2.22. The van der Waals surface area contributed by atoms with E-state index in [2.05, 4.69) is 6.58 Å². The summed E-state index contributed by atoms with van der Waals surface area (Å²) in [5.74, 6) is -1.24. The van der Waals surface area contributed by atoms with Crippen molar-refractivity contribution in [1.82, 2.24) is 0 Å². The van der Waals surface area contributed by atoms with Gasteiger partial charge in [0.2, 0.25) is 0 Å². The summed E-state index contributed by atoms with van der Waals surface area (Å²) in [6, 6.07) is 0. The molecule has 5 nitrogen and oxygen atoms in total. The summed E-state index contributed by atoms with van der Waals surface area (Å²) in [6.45, 7) is 6.61. The lowest BCUT2D eigenvalue weighted by molar-refractivity contribution is -0.150. The maximum Gasteiger partial charge on any atom is 0.334 e. The lowest BCUT2D eigenvalue weighted by atomic mass is 9.77. The van der Waals surface area contributed by atoms with Gasteiger partial charge in [0.1, 0.15) is 18.0 Å². The van der Waals surface area contributed by atoms with Crippen molar-refractivity contribution in [2.75, 3.05) is 0 Å². The largest absolute Gasteiger partial charge is 0.456 e. The minimum atomic E-state index is -1.23. The topological polar surface area (TPSA) is 80.7 Å². The quantitative estimate of drug-likeness (QED) is 0.601. The van der Waals surface area contributed by atoms with Gasteiger partial charge in [-0.25, -0.2) is 4.79 Å². The standard InChI is InChI=1S/C15H18O5/c1-8(16)6-7-15(3)11(17)5-4-10-9(2)14(19)20-12(10)13(15)18/h6-7,10,12-13,18H,2,4-5H2,1,3H3/b7-6+/t10-,12-,13-,15+/m0/s1. The van der Waals surface area contributed by atoms with Gasteiger partial charge in [0.05, 0.1) is 5.41 Å². The van der Waals surface area contributed by atoms with E-state index in [1.165, 1.54) is 19.1 Å². The Bertz CT molecular complexity index is 518. The number of fused-ring (bicyclic) bond motifs is 1. The molecular formula is C15H18O5. The number of hydrogen-bond acceptors (Lipinski definition) is 5. The summed E-state index contributed by atoms with van der Waals surface area (Å²) >= 11 is 0. The number of ether oxygens (including phenoxy) is 1. The van der Waals surface area contributed by atoms with Crippen LogP contribution in [0.15, 0.2) is 24.3 Å². The maximum absolute atomic E-state index is 12.3. The number of carbonyl (C=O) groups excluding carboxylic acids is 3. The van der Waals surface area contributed by atoms with E-state index in [9.17, 15) is 19.5 Å². The summed E-state index contributed by atoms with van der Waals surface area (Å²) in [7, 11) is 0. The van der Waals surface area contributed by atoms with Crippen LogP contribution < -0.4 is 0 Å². The fourth-order valence-corrected chi connectivity index (χ4v) is 2.80. The van der Waals surface area contributed by atoms with Crippen LogP contribution in [0, 0.1) is 11.3 Å². The molecule has 5 heteroatoms. The first-order chi connectivity index (χ1) is 9.27. The second kappa shape index (κ2) is 4.98. The Morgan fingerprint density at radius 1 is 1.50 bits per heavy atom. The third-order valence-corrected chi connectivity index (χ3v) is 4.22. The summed E-state index contributed by atoms with van der Waals surface area (Å²) in [5, 5.41) is 10.5. The summed E-state index contributed by atoms with van der Waals surface area (Å²) in [6.07, 6.45) is 1.37. The molecule has 4 atom stereocenters. The highest BCUT2D eigenvalue weighted by atomic mass is 16.6. The zero-order chi connectivity index (χ0) is 15.1. The van der Waals surface area contributed by atoms with Crippen molar-refractivity contribution in [1.29, 1.82) is 0 Å². The van der Waals surface area contributed by atoms with Crippen LogP contribution in [0.4, 0.5) is 0 Å². The van der Waals surface area contributed by atoms with Gasteiger partial charge < -0.3 is 9.84 Å². The Balaban J connectivity index is 2.38. The highest BCUT2D eigenvalue weighted by Gasteiger charge is 2.53. The molecule has 1 saturated heterocycles. The molecule has 0 aromatic heterocycles. The first-order valence-electron chi connectivity index (χ1n) is 6.58. The predicted molar refractivity (Wildman–Crippen MR) is 70.7 cm³/mol. The van der Waals surface area contributed by atoms with Crippen molar-refractivity contribution in [2.45, 2.75) is 38.9 Å². The molecule has 0 spiro atoms. The monoisotopic (exact) mass is 278 g/mol. The third-order valence-electron chi connectivity index (χ3n) is 4.22. The number of carbonyl (C=O) groups is 3. The van der Waals surface area contributed by atoms with Gasteiger partial charge in [-0.05, 0) is 26.3 Å². The molecule has 108 valence electrons. The number of Topliss-reactive ketones (excluding diaryl/α,β-unsaturated/α-hetero) is 1. The van der Waals surface area contributed by atoms with Crippen LogP contribution in [0.5, 0.6) is 0 Å². The predicted octanol–water partition coefficient (Wildman–Crippen LogP) is 0.960. The first kappa shape index (κ1) is 14.7. The highest BCUT2D eigenvalue weighted by molar-refractivity contribution is 5.94. The molecular weight excluding hydrogens is 260 g/mol. The molecule has 20 heavy (non-hydrogen) atoms. The molecule has 0 bridgehead atoms. The van der Waals surface area contributed by atoms with E-state index in [-0.39, 0.29) is 23.9 Å². The average Bonchev–Trinajstić information content (AvgIpc) is 2.63. The fraction of sp³-hybridized carbons (Fsp3) is 0.533. The van der Waals surface area contributed by atoms with Crippen LogP contribution in [0.2, 0.25) is 0 Å². The average molecular weight is 278 g/mol. The van der Waals surface area contributed by atoms with Crippen molar-refractivity contribution in [3.8, 4) is 0 Å². The normalized spacial score (nSPS) is 37.8. The number of aliphatic hydroxyl groups excluding tert-OH is 1. The minimum absolute atomic E-state index is 0.166. The van der Waals surface area contributed by atoms with E-state index in [0.29, 0.717) is 12.0 Å². The van der Waals surface area contributed by atoms with Gasteiger partial charge >= 0.3 is 5.97 Å². The molecule has 1 saturated carbocycles. The molecule has 1 heterocycles. The number of allylic oxidation sites excluding steroid dienone is 1. The summed E-state index contributed by atoms with van der Waals surface area (Å²) in [5.41, 5.74) is -0.919. The van der Waals surface area contributed by atoms with Gasteiger partial charge in [-0.1, -0.05) is 12.7 Å². The van der Waals surface area contributed by atoms with E-state index in [1.807, 2.05) is 0 Å². The molecule has 0 amide bonds. The van der Waals surface area contributed by atoms with Crippen LogP contribution in [0.1, 0.15) is 26.7 Å². The van der Waals surface area contributed by atoms with Crippen molar-refractivity contribution in [2.24, 2.45) is 11.3 Å². The molecule has 1 N–H and O–H groups in total. The zero-order valence-corrected chi connectivity index (χ0v) is 11.6. The molecule has 1 aliphatic heterocycles. The number of ketones is 2. The molecule has 0 aromatic carbocycles. The van der Waals surface area contributed by atoms with Crippen LogP contribution >= 0.6 is 0 Å². The Kier molecular flexibility index (Phi) is 3.65. The number of rotatable bonds is 2. The van der Waals surface area contributed by atoms with Gasteiger partial charge in [-0.15, -0.1) is 0 Å². The molecule has 0 radical (unpaired) electrons. The summed E-state index contributed by atoms with van der Waals surface area (Å²) in [4.78, 5) is 34.9. The lowest BCUT2D eigenvalue weighted by Gasteiger charge is -2.31. The second-order valence-corrected chi connectivity index (χ2v) is 5.64. The van der Waals surface area contributed by atoms with E-state index in [4.69, 9.17) is 4.74 Å². The maximum atomic E-state index is 12.3. The first-order valence-corrected chi connectivity index (χ1v) is 6.58. The van der Waals surface area contributed by atoms with Gasteiger partial charge in [0, 0.05) is 17.9 Å². The van der Waals surface area contributed by atoms with Crippen LogP contribution in [0.25, 0.3) is 0 Å². The second-order valence-electron chi connectivity index (χ2n) is 5.64. The Hall–Kier alpha value is -1.75. The van der Waals surface area contributed by atoms with Gasteiger partial charge in [-0.3, -0.25) is 9.59 Å². The highest BCUT2D eigenvalue weighted by Crippen LogP contribution is 2.43. The zero-order valence-electron chi connectivity index (χ0n) is 11.6. The van der Waals surface area contributed by atoms with E-state index in [1.54, 1.807) is 6.92 Å². The minimum Gasteiger partial charge on any atom is -0.456 e. The van der Waals surface area contributed by atoms with E-state index in [0.717, 1.165) is 0 Å². The van der Waals surface area contributed by atoms with Gasteiger partial charge in [0.15, 0.2) is 5.78 Å². The molecule has 1 aliphatic carbocycles. The van der Waals surface area contributed by atoms with Crippen molar-refractivity contribution in [3.05, 3.63) is 24.3 Å². The molecule has 0 unspecified atom stereocenters. The molecule has 2 aliphatic rings. The smallest absolute Gasteiger partial charge is 0.334 e. The van der Waals surface area contributed by atoms with Crippen molar-refractivity contribution in [3.63, 3.8) is 0 Å². The lowest BCUT2D eigenvalue weighted by Crippen LogP contribution is -2.45. The van der Waals surface area contributed by atoms with Crippen LogP contribution in [0.3, 0.4) is 0 Å². The number of hydrogen-bond donors (Lipinski definition) is 1. The molecule has 0 aromatic rings. The number of esters is 1. The number of aliphatic hydroxyl groups is 1. The van der Waals surface area contributed by atoms with Gasteiger partial charge in [0.25, 0.3) is 0 Å². The van der Waals surface area contributed by atoms with Crippen molar-refractivity contribution >= 4 is 17.5 Å². The molecule has 2 fully saturated rings. The molecule has 2 rings (SSSR count). The van der Waals surface area contributed by atoms with E-state index >= 15 is 0 Å². The Morgan fingerprint density at radius 3 is 2.75 bits per heavy atom. The fourth-order valence-electron chi connectivity index (χ4n) is 2.80.